The monoisotopic (exact) mass is 261 g/mol. The lowest BCUT2D eigenvalue weighted by Crippen LogP contribution is -2.50. The number of nitrogens with one attached hydrogen (secondary N) is 1. The summed E-state index contributed by atoms with van der Waals surface area (Å²) in [4.78, 5) is 14.3. The van der Waals surface area contributed by atoms with Crippen molar-refractivity contribution >= 4 is 11.1 Å². The van der Waals surface area contributed by atoms with Crippen molar-refractivity contribution in [2.45, 2.75) is 19.5 Å². The Morgan fingerprint density at radius 3 is 3.05 bits per heavy atom. The number of para-hydroxylation sites is 2. The molecule has 2 heterocycles. The van der Waals surface area contributed by atoms with Crippen LogP contribution in [0.4, 0.5) is 0 Å². The van der Waals surface area contributed by atoms with Crippen molar-refractivity contribution in [3.8, 4) is 0 Å². The van der Waals surface area contributed by atoms with Crippen LogP contribution in [0.2, 0.25) is 0 Å². The molecule has 1 fully saturated rings. The van der Waals surface area contributed by atoms with E-state index >= 15 is 0 Å². The first-order valence-electron chi connectivity index (χ1n) is 6.79. The fourth-order valence-corrected chi connectivity index (χ4v) is 2.67. The van der Waals surface area contributed by atoms with E-state index in [1.54, 1.807) is 4.57 Å². The molecule has 0 saturated carbocycles. The maximum atomic E-state index is 11.9. The summed E-state index contributed by atoms with van der Waals surface area (Å²) in [5, 5.41) is 3.37. The molecule has 1 aromatic carbocycles. The highest BCUT2D eigenvalue weighted by atomic mass is 16.4. The minimum absolute atomic E-state index is 0.260. The van der Waals surface area contributed by atoms with Crippen LogP contribution in [0.15, 0.2) is 33.5 Å². The van der Waals surface area contributed by atoms with Crippen LogP contribution >= 0.6 is 0 Å². The molecular weight excluding hydrogens is 242 g/mol. The van der Waals surface area contributed by atoms with Gasteiger partial charge in [-0.05, 0) is 19.1 Å². The largest absolute Gasteiger partial charge is 0.419 e. The summed E-state index contributed by atoms with van der Waals surface area (Å²) in [7, 11) is 0. The van der Waals surface area contributed by atoms with Gasteiger partial charge >= 0.3 is 5.76 Å². The molecule has 0 spiro atoms. The van der Waals surface area contributed by atoms with Crippen molar-refractivity contribution in [3.05, 3.63) is 34.8 Å². The van der Waals surface area contributed by atoms with E-state index < -0.39 is 0 Å². The van der Waals surface area contributed by atoms with Crippen LogP contribution in [0, 0.1) is 0 Å². The summed E-state index contributed by atoms with van der Waals surface area (Å²) in [6, 6.07) is 8.10. The molecule has 1 aliphatic rings. The molecule has 19 heavy (non-hydrogen) atoms. The van der Waals surface area contributed by atoms with E-state index in [1.807, 2.05) is 24.3 Å². The number of fused-ring (bicyclic) bond motifs is 1. The molecule has 1 saturated heterocycles. The Bertz CT molecular complexity index is 616. The summed E-state index contributed by atoms with van der Waals surface area (Å²) in [5.41, 5.74) is 1.55. The smallest absolute Gasteiger partial charge is 0.408 e. The lowest BCUT2D eigenvalue weighted by atomic mass is 10.2. The van der Waals surface area contributed by atoms with Crippen LogP contribution in [0.3, 0.4) is 0 Å². The van der Waals surface area contributed by atoms with Gasteiger partial charge in [0.25, 0.3) is 0 Å². The van der Waals surface area contributed by atoms with Gasteiger partial charge in [-0.1, -0.05) is 12.1 Å². The molecule has 102 valence electrons. The summed E-state index contributed by atoms with van der Waals surface area (Å²) in [6.07, 6.45) is 0. The Morgan fingerprint density at radius 1 is 1.37 bits per heavy atom. The third-order valence-corrected chi connectivity index (χ3v) is 3.82. The Kier molecular flexibility index (Phi) is 3.40. The second-order valence-corrected chi connectivity index (χ2v) is 5.08. The number of rotatable bonds is 3. The summed E-state index contributed by atoms with van der Waals surface area (Å²) in [6.45, 7) is 6.84. The van der Waals surface area contributed by atoms with Crippen LogP contribution in [-0.2, 0) is 6.54 Å². The second-order valence-electron chi connectivity index (χ2n) is 5.08. The topological polar surface area (TPSA) is 50.4 Å². The lowest BCUT2D eigenvalue weighted by molar-refractivity contribution is 0.167. The first-order valence-corrected chi connectivity index (χ1v) is 6.79. The molecule has 1 aromatic heterocycles. The fraction of sp³-hybridized carbons (Fsp3) is 0.500. The molecule has 0 amide bonds. The van der Waals surface area contributed by atoms with E-state index in [1.165, 1.54) is 0 Å². The molecule has 1 unspecified atom stereocenters. The van der Waals surface area contributed by atoms with Gasteiger partial charge in [0.1, 0.15) is 0 Å². The maximum Gasteiger partial charge on any atom is 0.419 e. The predicted octanol–water partition coefficient (Wildman–Crippen LogP) is 0.888. The van der Waals surface area contributed by atoms with Gasteiger partial charge in [-0.15, -0.1) is 0 Å². The minimum atomic E-state index is -0.260. The molecule has 0 aliphatic carbocycles. The van der Waals surface area contributed by atoms with E-state index in [0.29, 0.717) is 18.2 Å². The number of aromatic nitrogens is 1. The number of hydrogen-bond acceptors (Lipinski definition) is 4. The number of benzene rings is 1. The number of piperazine rings is 1. The van der Waals surface area contributed by atoms with Crippen LogP contribution < -0.4 is 11.1 Å². The van der Waals surface area contributed by atoms with E-state index in [4.69, 9.17) is 4.42 Å². The highest BCUT2D eigenvalue weighted by Crippen LogP contribution is 2.12. The van der Waals surface area contributed by atoms with Gasteiger partial charge in [-0.2, -0.15) is 0 Å². The Hall–Kier alpha value is -1.59. The highest BCUT2D eigenvalue weighted by molar-refractivity contribution is 5.72. The molecule has 1 aliphatic heterocycles. The molecule has 0 bridgehead atoms. The Balaban J connectivity index is 1.78. The van der Waals surface area contributed by atoms with E-state index in [2.05, 4.69) is 17.1 Å². The van der Waals surface area contributed by atoms with Crippen molar-refractivity contribution in [3.63, 3.8) is 0 Å². The second kappa shape index (κ2) is 5.19. The van der Waals surface area contributed by atoms with Crippen molar-refractivity contribution < 1.29 is 4.42 Å². The normalized spacial score (nSPS) is 21.0. The first kappa shape index (κ1) is 12.4. The van der Waals surface area contributed by atoms with Gasteiger partial charge in [0.2, 0.25) is 0 Å². The zero-order valence-corrected chi connectivity index (χ0v) is 11.1. The molecule has 3 rings (SSSR count). The van der Waals surface area contributed by atoms with Crippen LogP contribution in [-0.4, -0.2) is 41.7 Å². The molecule has 5 heteroatoms. The Morgan fingerprint density at radius 2 is 2.21 bits per heavy atom. The van der Waals surface area contributed by atoms with Gasteiger partial charge in [0.15, 0.2) is 5.58 Å². The van der Waals surface area contributed by atoms with Crippen molar-refractivity contribution in [2.75, 3.05) is 26.2 Å². The molecule has 1 atom stereocenters. The zero-order chi connectivity index (χ0) is 13.2. The van der Waals surface area contributed by atoms with E-state index in [9.17, 15) is 4.79 Å². The van der Waals surface area contributed by atoms with Gasteiger partial charge in [0.05, 0.1) is 5.52 Å². The third kappa shape index (κ3) is 2.43. The van der Waals surface area contributed by atoms with E-state index in [0.717, 1.165) is 31.7 Å². The standard InChI is InChI=1S/C14H19N3O2/c1-11-10-15-6-7-16(11)8-9-17-12-4-2-3-5-13(12)19-14(17)18/h2-5,11,15H,6-10H2,1H3. The average Bonchev–Trinajstić information content (AvgIpc) is 2.74. The molecule has 2 aromatic rings. The van der Waals surface area contributed by atoms with Gasteiger partial charge in [0, 0.05) is 38.8 Å². The predicted molar refractivity (Wildman–Crippen MR) is 74.4 cm³/mol. The van der Waals surface area contributed by atoms with Gasteiger partial charge < -0.3 is 9.73 Å². The Labute approximate surface area is 111 Å². The van der Waals surface area contributed by atoms with Crippen LogP contribution in [0.5, 0.6) is 0 Å². The highest BCUT2D eigenvalue weighted by Gasteiger charge is 2.18. The molecule has 0 radical (unpaired) electrons. The van der Waals surface area contributed by atoms with Gasteiger partial charge in [-0.25, -0.2) is 4.79 Å². The lowest BCUT2D eigenvalue weighted by Gasteiger charge is -2.33. The SMILES string of the molecule is CC1CNCCN1CCn1c(=O)oc2ccccc21. The maximum absolute atomic E-state index is 11.9. The summed E-state index contributed by atoms with van der Waals surface area (Å²) >= 11 is 0. The molecule has 5 nitrogen and oxygen atoms in total. The van der Waals surface area contributed by atoms with Crippen LogP contribution in [0.1, 0.15) is 6.92 Å². The molecular formula is C14H19N3O2. The van der Waals surface area contributed by atoms with Crippen molar-refractivity contribution in [2.24, 2.45) is 0 Å². The third-order valence-electron chi connectivity index (χ3n) is 3.82. The number of nitrogens with zero attached hydrogens (tertiary/aromatic N) is 2. The van der Waals surface area contributed by atoms with Gasteiger partial charge in [-0.3, -0.25) is 9.47 Å². The van der Waals surface area contributed by atoms with Crippen molar-refractivity contribution in [1.29, 1.82) is 0 Å². The first-order chi connectivity index (χ1) is 9.25. The average molecular weight is 261 g/mol. The fourth-order valence-electron chi connectivity index (χ4n) is 2.67. The summed E-state index contributed by atoms with van der Waals surface area (Å²) < 4.78 is 6.97. The quantitative estimate of drug-likeness (QED) is 0.891. The summed E-state index contributed by atoms with van der Waals surface area (Å²) in [5.74, 6) is -0.260. The van der Waals surface area contributed by atoms with Crippen LogP contribution in [0.25, 0.3) is 11.1 Å². The zero-order valence-electron chi connectivity index (χ0n) is 11.1. The molecule has 1 N–H and O–H groups in total. The minimum Gasteiger partial charge on any atom is -0.408 e. The number of oxazole rings is 1. The van der Waals surface area contributed by atoms with E-state index in [-0.39, 0.29) is 5.76 Å². The number of hydrogen-bond donors (Lipinski definition) is 1. The van der Waals surface area contributed by atoms with Crippen molar-refractivity contribution in [1.82, 2.24) is 14.8 Å².